The molecule has 0 unspecified atom stereocenters. The van der Waals surface area contributed by atoms with Gasteiger partial charge in [-0.05, 0) is 31.2 Å². The Bertz CT molecular complexity index is 594. The van der Waals surface area contributed by atoms with Crippen LogP contribution >= 0.6 is 0 Å². The van der Waals surface area contributed by atoms with Gasteiger partial charge in [-0.15, -0.1) is 0 Å². The molecule has 1 heterocycles. The molecule has 1 aliphatic heterocycles. The van der Waals surface area contributed by atoms with E-state index in [0.717, 1.165) is 23.1 Å². The first kappa shape index (κ1) is 19.2. The molecule has 1 N–H and O–H groups in total. The number of likely N-dealkylation sites (N-methyl/N-ethyl adjacent to an activating group) is 1. The van der Waals surface area contributed by atoms with E-state index in [4.69, 9.17) is 0 Å². The first-order valence-corrected chi connectivity index (χ1v) is 8.83. The van der Waals surface area contributed by atoms with E-state index in [9.17, 15) is 5.11 Å². The fourth-order valence-corrected chi connectivity index (χ4v) is 4.06. The molecule has 3 rings (SSSR count). The van der Waals surface area contributed by atoms with Gasteiger partial charge in [-0.1, -0.05) is 60.7 Å². The maximum Gasteiger partial charge on any atom is 0.145 e. The Kier molecular flexibility index (Phi) is 7.02. The van der Waals surface area contributed by atoms with E-state index in [1.54, 1.807) is 0 Å². The Morgan fingerprint density at radius 2 is 1.21 bits per heavy atom. The lowest BCUT2D eigenvalue weighted by atomic mass is 9.92. The first-order chi connectivity index (χ1) is 11.2. The summed E-state index contributed by atoms with van der Waals surface area (Å²) in [4.78, 5) is 0. The maximum atomic E-state index is 11.2. The number of likely N-dealkylation sites (tertiary alicyclic amines) is 1. The van der Waals surface area contributed by atoms with Crippen molar-refractivity contribution in [2.24, 2.45) is 0 Å². The largest absolute Gasteiger partial charge is 1.00 e. The molecule has 0 bridgehead atoms. The molecule has 0 aromatic heterocycles. The number of rotatable bonds is 4. The average Bonchev–Trinajstić information content (AvgIpc) is 2.82. The third-order valence-corrected chi connectivity index (χ3v) is 5.34. The molecule has 3 heteroatoms. The van der Waals surface area contributed by atoms with Crippen LogP contribution in [0.15, 0.2) is 60.7 Å². The number of aliphatic hydroxyl groups is 1. The molecule has 130 valence electrons. The predicted molar refractivity (Wildman–Crippen MR) is 95.0 cm³/mol. The SMILES string of the molecule is C[N+]1([C@H](c2ccccc2)[C@H](O)c2ccccc2)CCCCCC1.[Br-]. The van der Waals surface area contributed by atoms with Crippen molar-refractivity contribution in [1.82, 2.24) is 0 Å². The Morgan fingerprint density at radius 1 is 0.750 bits per heavy atom. The van der Waals surface area contributed by atoms with Crippen molar-refractivity contribution in [3.05, 3.63) is 71.8 Å². The third-order valence-electron chi connectivity index (χ3n) is 5.34. The van der Waals surface area contributed by atoms with Crippen LogP contribution in [-0.2, 0) is 0 Å². The highest BCUT2D eigenvalue weighted by molar-refractivity contribution is 5.25. The normalized spacial score (nSPS) is 19.6. The van der Waals surface area contributed by atoms with Crippen molar-refractivity contribution in [2.75, 3.05) is 20.1 Å². The molecular weight excluding hydrogens is 362 g/mol. The molecule has 2 aromatic carbocycles. The Hall–Kier alpha value is -1.16. The van der Waals surface area contributed by atoms with Gasteiger partial charge in [-0.2, -0.15) is 0 Å². The van der Waals surface area contributed by atoms with Crippen molar-refractivity contribution in [3.63, 3.8) is 0 Å². The van der Waals surface area contributed by atoms with Crippen molar-refractivity contribution in [2.45, 2.75) is 37.8 Å². The summed E-state index contributed by atoms with van der Waals surface area (Å²) in [5.74, 6) is 0. The van der Waals surface area contributed by atoms with Crippen molar-refractivity contribution in [1.29, 1.82) is 0 Å². The van der Waals surface area contributed by atoms with E-state index >= 15 is 0 Å². The fraction of sp³-hybridized carbons (Fsp3) is 0.429. The zero-order valence-electron chi connectivity index (χ0n) is 14.4. The van der Waals surface area contributed by atoms with Crippen LogP contribution in [0.2, 0.25) is 0 Å². The van der Waals surface area contributed by atoms with Crippen molar-refractivity contribution < 1.29 is 26.6 Å². The van der Waals surface area contributed by atoms with Crippen LogP contribution < -0.4 is 17.0 Å². The molecular formula is C21H28BrNO. The van der Waals surface area contributed by atoms with Gasteiger partial charge in [0.1, 0.15) is 12.1 Å². The lowest BCUT2D eigenvalue weighted by molar-refractivity contribution is -0.943. The average molecular weight is 390 g/mol. The number of quaternary nitrogens is 1. The minimum absolute atomic E-state index is 0. The molecule has 2 aromatic rings. The van der Waals surface area contributed by atoms with Gasteiger partial charge in [-0.25, -0.2) is 0 Å². The fourth-order valence-electron chi connectivity index (χ4n) is 4.06. The summed E-state index contributed by atoms with van der Waals surface area (Å²) >= 11 is 0. The Labute approximate surface area is 156 Å². The van der Waals surface area contributed by atoms with E-state index in [1.807, 2.05) is 30.3 Å². The van der Waals surface area contributed by atoms with Crippen LogP contribution in [0.4, 0.5) is 0 Å². The van der Waals surface area contributed by atoms with Gasteiger partial charge < -0.3 is 26.6 Å². The van der Waals surface area contributed by atoms with Crippen molar-refractivity contribution >= 4 is 0 Å². The summed E-state index contributed by atoms with van der Waals surface area (Å²) < 4.78 is 0.931. The number of hydrogen-bond donors (Lipinski definition) is 1. The molecule has 0 spiro atoms. The molecule has 0 aliphatic carbocycles. The van der Waals surface area contributed by atoms with Crippen LogP contribution in [0.3, 0.4) is 0 Å². The van der Waals surface area contributed by atoms with E-state index < -0.39 is 6.10 Å². The molecule has 2 atom stereocenters. The second-order valence-corrected chi connectivity index (χ2v) is 7.05. The summed E-state index contributed by atoms with van der Waals surface area (Å²) in [6.45, 7) is 2.28. The van der Waals surface area contributed by atoms with Gasteiger partial charge in [0.05, 0.1) is 20.1 Å². The summed E-state index contributed by atoms with van der Waals surface area (Å²) in [5, 5.41) is 11.2. The lowest BCUT2D eigenvalue weighted by Gasteiger charge is -2.43. The highest BCUT2D eigenvalue weighted by Crippen LogP contribution is 2.39. The van der Waals surface area contributed by atoms with Gasteiger partial charge >= 0.3 is 0 Å². The highest BCUT2D eigenvalue weighted by atomic mass is 79.9. The smallest absolute Gasteiger partial charge is 0.145 e. The quantitative estimate of drug-likeness (QED) is 0.785. The topological polar surface area (TPSA) is 20.2 Å². The molecule has 1 fully saturated rings. The number of aliphatic hydroxyl groups excluding tert-OH is 1. The van der Waals surface area contributed by atoms with Crippen LogP contribution in [0, 0.1) is 0 Å². The lowest BCUT2D eigenvalue weighted by Crippen LogP contribution is -3.00. The molecule has 0 saturated carbocycles. The highest BCUT2D eigenvalue weighted by Gasteiger charge is 2.40. The molecule has 2 nitrogen and oxygen atoms in total. The van der Waals surface area contributed by atoms with Gasteiger partial charge in [0.15, 0.2) is 0 Å². The monoisotopic (exact) mass is 389 g/mol. The standard InChI is InChI=1S/C21H28NO.BrH/c1-22(16-10-2-3-11-17-22)20(18-12-6-4-7-13-18)21(23)19-14-8-5-9-15-19;/h4-9,12-15,20-21,23H,2-3,10-11,16-17H2,1H3;1H/q+1;/p-1/t20-,21-;/m1./s1. The number of hydrogen-bond acceptors (Lipinski definition) is 1. The minimum atomic E-state index is -0.471. The number of benzene rings is 2. The van der Waals surface area contributed by atoms with Gasteiger partial charge in [0.2, 0.25) is 0 Å². The summed E-state index contributed by atoms with van der Waals surface area (Å²) in [6.07, 6.45) is 4.66. The van der Waals surface area contributed by atoms with E-state index in [0.29, 0.717) is 0 Å². The molecule has 0 amide bonds. The van der Waals surface area contributed by atoms with Crippen LogP contribution in [0.5, 0.6) is 0 Å². The van der Waals surface area contributed by atoms with E-state index in [1.165, 1.54) is 31.2 Å². The number of nitrogens with zero attached hydrogens (tertiary/aromatic N) is 1. The maximum absolute atomic E-state index is 11.2. The predicted octanol–water partition coefficient (Wildman–Crippen LogP) is 1.49. The molecule has 24 heavy (non-hydrogen) atoms. The summed E-state index contributed by atoms with van der Waals surface area (Å²) in [6, 6.07) is 20.8. The van der Waals surface area contributed by atoms with Crippen LogP contribution in [-0.4, -0.2) is 29.7 Å². The van der Waals surface area contributed by atoms with E-state index in [-0.39, 0.29) is 23.0 Å². The van der Waals surface area contributed by atoms with Gasteiger partial charge in [0.25, 0.3) is 0 Å². The second-order valence-electron chi connectivity index (χ2n) is 7.05. The molecule has 1 aliphatic rings. The molecule has 0 radical (unpaired) electrons. The van der Waals surface area contributed by atoms with Crippen LogP contribution in [0.1, 0.15) is 49.0 Å². The zero-order valence-corrected chi connectivity index (χ0v) is 16.0. The Balaban J connectivity index is 0.00000208. The van der Waals surface area contributed by atoms with Crippen molar-refractivity contribution in [3.8, 4) is 0 Å². The Morgan fingerprint density at radius 3 is 1.71 bits per heavy atom. The number of halogens is 1. The first-order valence-electron chi connectivity index (χ1n) is 8.83. The second kappa shape index (κ2) is 8.80. The van der Waals surface area contributed by atoms with E-state index in [2.05, 4.69) is 37.4 Å². The molecule has 1 saturated heterocycles. The summed E-state index contributed by atoms with van der Waals surface area (Å²) in [7, 11) is 2.33. The minimum Gasteiger partial charge on any atom is -1.00 e. The van der Waals surface area contributed by atoms with Gasteiger partial charge in [0, 0.05) is 5.56 Å². The van der Waals surface area contributed by atoms with Gasteiger partial charge in [-0.3, -0.25) is 0 Å². The van der Waals surface area contributed by atoms with Crippen LogP contribution in [0.25, 0.3) is 0 Å². The zero-order chi connectivity index (χ0) is 16.1. The third kappa shape index (κ3) is 4.27. The summed E-state index contributed by atoms with van der Waals surface area (Å²) in [5.41, 5.74) is 2.26.